The third-order valence-electron chi connectivity index (χ3n) is 5.79. The molecule has 0 heterocycles. The summed E-state index contributed by atoms with van der Waals surface area (Å²) < 4.78 is 19.7. The minimum atomic E-state index is -1.06. The molecule has 174 valence electrons. The fourth-order valence-electron chi connectivity index (χ4n) is 4.09. The Labute approximate surface area is 195 Å². The van der Waals surface area contributed by atoms with Gasteiger partial charge in [0.05, 0.1) is 12.0 Å². The van der Waals surface area contributed by atoms with E-state index in [2.05, 4.69) is 5.32 Å². The first-order chi connectivity index (χ1) is 16.3. The van der Waals surface area contributed by atoms with Crippen LogP contribution in [0.2, 0.25) is 0 Å². The first-order valence-electron chi connectivity index (χ1n) is 10.7. The Balaban J connectivity index is 1.43. The highest BCUT2D eigenvalue weighted by Gasteiger charge is 2.29. The van der Waals surface area contributed by atoms with Gasteiger partial charge in [-0.05, 0) is 40.5 Å². The van der Waals surface area contributed by atoms with Gasteiger partial charge in [-0.3, -0.25) is 14.9 Å². The normalized spacial score (nSPS) is 11.9. The lowest BCUT2D eigenvalue weighted by molar-refractivity contribution is -0.137. The summed E-state index contributed by atoms with van der Waals surface area (Å²) in [6.45, 7) is 0.0441. The van der Waals surface area contributed by atoms with E-state index in [1.165, 1.54) is 19.2 Å². The number of fused-ring (bicyclic) bond motifs is 3. The van der Waals surface area contributed by atoms with Gasteiger partial charge < -0.3 is 14.7 Å². The van der Waals surface area contributed by atoms with Crippen LogP contribution in [0.1, 0.15) is 33.8 Å². The fourth-order valence-corrected chi connectivity index (χ4v) is 4.09. The SMILES string of the molecule is CN(CCC(=O)O)C(=O)c1cc(NC(=O)OCC2c3ccccc3-c3ccccc32)ccc1F. The van der Waals surface area contributed by atoms with Crippen molar-refractivity contribution in [3.05, 3.63) is 89.2 Å². The summed E-state index contributed by atoms with van der Waals surface area (Å²) in [5.74, 6) is -2.63. The number of anilines is 1. The van der Waals surface area contributed by atoms with E-state index in [-0.39, 0.29) is 36.7 Å². The first-order valence-corrected chi connectivity index (χ1v) is 10.7. The number of carboxylic acids is 1. The Kier molecular flexibility index (Phi) is 6.58. The molecule has 0 spiro atoms. The number of benzene rings is 3. The van der Waals surface area contributed by atoms with Crippen LogP contribution in [0.5, 0.6) is 0 Å². The smallest absolute Gasteiger partial charge is 0.411 e. The summed E-state index contributed by atoms with van der Waals surface area (Å²) >= 11 is 0. The van der Waals surface area contributed by atoms with Gasteiger partial charge in [0.25, 0.3) is 5.91 Å². The molecular formula is C26H23FN2O5. The zero-order valence-corrected chi connectivity index (χ0v) is 18.5. The third-order valence-corrected chi connectivity index (χ3v) is 5.79. The molecule has 8 heteroatoms. The number of halogens is 1. The highest BCUT2D eigenvalue weighted by atomic mass is 19.1. The van der Waals surface area contributed by atoms with E-state index in [0.717, 1.165) is 33.2 Å². The van der Waals surface area contributed by atoms with Crippen LogP contribution in [0, 0.1) is 5.82 Å². The Morgan fingerprint density at radius 2 is 1.62 bits per heavy atom. The largest absolute Gasteiger partial charge is 0.481 e. The van der Waals surface area contributed by atoms with Crippen molar-refractivity contribution in [2.45, 2.75) is 12.3 Å². The summed E-state index contributed by atoms with van der Waals surface area (Å²) in [6.07, 6.45) is -0.993. The van der Waals surface area contributed by atoms with Gasteiger partial charge in [0.15, 0.2) is 0 Å². The lowest BCUT2D eigenvalue weighted by atomic mass is 9.98. The molecule has 0 unspecified atom stereocenters. The molecule has 0 radical (unpaired) electrons. The minimum absolute atomic E-state index is 0.0718. The topological polar surface area (TPSA) is 95.9 Å². The number of hydrogen-bond acceptors (Lipinski definition) is 4. The van der Waals surface area contributed by atoms with E-state index >= 15 is 0 Å². The molecule has 0 aliphatic heterocycles. The number of nitrogens with zero attached hydrogens (tertiary/aromatic N) is 1. The van der Waals surface area contributed by atoms with E-state index in [1.807, 2.05) is 48.5 Å². The minimum Gasteiger partial charge on any atom is -0.481 e. The quantitative estimate of drug-likeness (QED) is 0.529. The predicted molar refractivity (Wildman–Crippen MR) is 124 cm³/mol. The first kappa shape index (κ1) is 23.0. The number of amides is 2. The Morgan fingerprint density at radius 1 is 1.00 bits per heavy atom. The van der Waals surface area contributed by atoms with Gasteiger partial charge in [0.2, 0.25) is 0 Å². The number of carbonyl (C=O) groups excluding carboxylic acids is 2. The van der Waals surface area contributed by atoms with Crippen molar-refractivity contribution in [2.75, 3.05) is 25.5 Å². The van der Waals surface area contributed by atoms with E-state index < -0.39 is 23.8 Å². The number of hydrogen-bond donors (Lipinski definition) is 2. The highest BCUT2D eigenvalue weighted by molar-refractivity contribution is 5.96. The zero-order valence-electron chi connectivity index (χ0n) is 18.5. The van der Waals surface area contributed by atoms with Crippen molar-refractivity contribution in [3.63, 3.8) is 0 Å². The second-order valence-electron chi connectivity index (χ2n) is 8.02. The van der Waals surface area contributed by atoms with E-state index in [9.17, 15) is 18.8 Å². The molecule has 0 fully saturated rings. The molecular weight excluding hydrogens is 439 g/mol. The molecule has 1 aliphatic carbocycles. The maximum atomic E-state index is 14.2. The molecule has 1 aliphatic rings. The van der Waals surface area contributed by atoms with Crippen molar-refractivity contribution in [1.82, 2.24) is 4.90 Å². The van der Waals surface area contributed by atoms with Gasteiger partial charge in [-0.2, -0.15) is 0 Å². The number of rotatable bonds is 7. The average Bonchev–Trinajstić information content (AvgIpc) is 3.15. The van der Waals surface area contributed by atoms with Crippen molar-refractivity contribution in [2.24, 2.45) is 0 Å². The Bertz CT molecular complexity index is 1210. The molecule has 4 rings (SSSR count). The lowest BCUT2D eigenvalue weighted by Gasteiger charge is -2.17. The number of carboxylic acid groups (broad SMARTS) is 1. The van der Waals surface area contributed by atoms with Gasteiger partial charge in [0, 0.05) is 25.2 Å². The van der Waals surface area contributed by atoms with Gasteiger partial charge in [-0.1, -0.05) is 48.5 Å². The van der Waals surface area contributed by atoms with Gasteiger partial charge in [0.1, 0.15) is 12.4 Å². The highest BCUT2D eigenvalue weighted by Crippen LogP contribution is 2.44. The van der Waals surface area contributed by atoms with E-state index in [4.69, 9.17) is 9.84 Å². The predicted octanol–water partition coefficient (Wildman–Crippen LogP) is 4.73. The van der Waals surface area contributed by atoms with Crippen LogP contribution < -0.4 is 5.32 Å². The molecule has 0 saturated heterocycles. The summed E-state index contributed by atoms with van der Waals surface area (Å²) in [5, 5.41) is 11.3. The molecule has 7 nitrogen and oxygen atoms in total. The number of nitrogens with one attached hydrogen (secondary N) is 1. The number of carbonyl (C=O) groups is 3. The van der Waals surface area contributed by atoms with Crippen LogP contribution in [-0.4, -0.2) is 48.2 Å². The van der Waals surface area contributed by atoms with Gasteiger partial charge >= 0.3 is 12.1 Å². The van der Waals surface area contributed by atoms with Crippen molar-refractivity contribution in [3.8, 4) is 11.1 Å². The monoisotopic (exact) mass is 462 g/mol. The molecule has 3 aromatic rings. The van der Waals surface area contributed by atoms with Crippen LogP contribution in [0.4, 0.5) is 14.9 Å². The Hall–Kier alpha value is -4.20. The van der Waals surface area contributed by atoms with E-state index in [1.54, 1.807) is 0 Å². The second kappa shape index (κ2) is 9.74. The summed E-state index contributed by atoms with van der Waals surface area (Å²) in [4.78, 5) is 36.8. The van der Waals surface area contributed by atoms with Crippen molar-refractivity contribution in [1.29, 1.82) is 0 Å². The maximum Gasteiger partial charge on any atom is 0.411 e. The molecule has 0 atom stereocenters. The molecule has 2 amide bonds. The second-order valence-corrected chi connectivity index (χ2v) is 8.02. The summed E-state index contributed by atoms with van der Waals surface area (Å²) in [5.41, 5.74) is 4.30. The van der Waals surface area contributed by atoms with Crippen LogP contribution in [0.15, 0.2) is 66.7 Å². The molecule has 34 heavy (non-hydrogen) atoms. The summed E-state index contributed by atoms with van der Waals surface area (Å²) in [7, 11) is 1.39. The third kappa shape index (κ3) is 4.76. The maximum absolute atomic E-state index is 14.2. The molecule has 2 N–H and O–H groups in total. The molecule has 0 saturated carbocycles. The van der Waals surface area contributed by atoms with Gasteiger partial charge in [-0.15, -0.1) is 0 Å². The standard InChI is InChI=1S/C26H23FN2O5/c1-29(13-12-24(30)31)25(32)21-14-16(10-11-23(21)27)28-26(33)34-15-22-19-8-4-2-6-17(19)18-7-3-5-9-20(18)22/h2-11,14,22H,12-13,15H2,1H3,(H,28,33)(H,30,31). The van der Waals surface area contributed by atoms with Crippen molar-refractivity contribution >= 4 is 23.7 Å². The zero-order chi connectivity index (χ0) is 24.2. The molecule has 0 bridgehead atoms. The van der Waals surface area contributed by atoms with Crippen LogP contribution in [0.25, 0.3) is 11.1 Å². The fraction of sp³-hybridized carbons (Fsp3) is 0.192. The number of ether oxygens (including phenoxy) is 1. The van der Waals surface area contributed by atoms with E-state index in [0.29, 0.717) is 0 Å². The number of aliphatic carboxylic acids is 1. The van der Waals surface area contributed by atoms with Crippen LogP contribution >= 0.6 is 0 Å². The van der Waals surface area contributed by atoms with Crippen LogP contribution in [0.3, 0.4) is 0 Å². The summed E-state index contributed by atoms with van der Waals surface area (Å²) in [6, 6.07) is 19.5. The lowest BCUT2D eigenvalue weighted by Crippen LogP contribution is -2.30. The Morgan fingerprint density at radius 3 is 2.24 bits per heavy atom. The molecule has 3 aromatic carbocycles. The van der Waals surface area contributed by atoms with Gasteiger partial charge in [-0.25, -0.2) is 9.18 Å². The van der Waals surface area contributed by atoms with Crippen molar-refractivity contribution < 1.29 is 28.6 Å². The van der Waals surface area contributed by atoms with Crippen LogP contribution in [-0.2, 0) is 9.53 Å². The molecule has 0 aromatic heterocycles. The average molecular weight is 462 g/mol.